The van der Waals surface area contributed by atoms with Crippen molar-refractivity contribution in [3.8, 4) is 11.1 Å². The molecule has 6 heteroatoms. The third kappa shape index (κ3) is 5.31. The van der Waals surface area contributed by atoms with Gasteiger partial charge in [0, 0.05) is 37.8 Å². The topological polar surface area (TPSA) is 71.5 Å². The van der Waals surface area contributed by atoms with Gasteiger partial charge in [0.2, 0.25) is 5.91 Å². The fourth-order valence-electron chi connectivity index (χ4n) is 4.08. The smallest absolute Gasteiger partial charge is 0.254 e. The average molecular weight is 422 g/mol. The van der Waals surface area contributed by atoms with Crippen molar-refractivity contribution in [3.05, 3.63) is 54.4 Å². The molecular formula is C25H31N3O3. The highest BCUT2D eigenvalue weighted by atomic mass is 16.5. The molecule has 2 fully saturated rings. The molecule has 2 heterocycles. The number of amides is 2. The molecule has 6 nitrogen and oxygen atoms in total. The summed E-state index contributed by atoms with van der Waals surface area (Å²) in [5.41, 5.74) is 2.09. The van der Waals surface area contributed by atoms with Gasteiger partial charge in [-0.25, -0.2) is 0 Å². The average Bonchev–Trinajstić information content (AvgIpc) is 3.58. The van der Waals surface area contributed by atoms with Crippen molar-refractivity contribution < 1.29 is 14.3 Å². The number of hydrogen-bond acceptors (Lipinski definition) is 4. The summed E-state index contributed by atoms with van der Waals surface area (Å²) in [5.74, 6) is 0.265. The van der Waals surface area contributed by atoms with Gasteiger partial charge < -0.3 is 15.0 Å². The predicted molar refractivity (Wildman–Crippen MR) is 119 cm³/mol. The van der Waals surface area contributed by atoms with Gasteiger partial charge in [-0.1, -0.05) is 38.1 Å². The highest BCUT2D eigenvalue weighted by molar-refractivity contribution is 5.88. The lowest BCUT2D eigenvalue weighted by Crippen LogP contribution is -2.62. The Labute approximate surface area is 184 Å². The maximum absolute atomic E-state index is 13.3. The van der Waals surface area contributed by atoms with Crippen molar-refractivity contribution in [2.24, 2.45) is 5.92 Å². The van der Waals surface area contributed by atoms with Gasteiger partial charge in [0.1, 0.15) is 0 Å². The molecule has 0 unspecified atom stereocenters. The molecule has 1 aromatic heterocycles. The predicted octanol–water partition coefficient (Wildman–Crippen LogP) is 3.21. The molecule has 0 spiro atoms. The molecule has 31 heavy (non-hydrogen) atoms. The van der Waals surface area contributed by atoms with Crippen molar-refractivity contribution >= 4 is 11.8 Å². The third-order valence-electron chi connectivity index (χ3n) is 5.88. The second-order valence-corrected chi connectivity index (χ2v) is 9.12. The summed E-state index contributed by atoms with van der Waals surface area (Å²) < 4.78 is 6.18. The lowest BCUT2D eigenvalue weighted by molar-refractivity contribution is -0.166. The van der Waals surface area contributed by atoms with Crippen LogP contribution in [0.15, 0.2) is 48.8 Å². The van der Waals surface area contributed by atoms with E-state index in [1.165, 1.54) is 0 Å². The van der Waals surface area contributed by atoms with E-state index in [9.17, 15) is 9.59 Å². The molecule has 4 rings (SSSR count). The summed E-state index contributed by atoms with van der Waals surface area (Å²) in [4.78, 5) is 32.0. The van der Waals surface area contributed by atoms with Crippen LogP contribution >= 0.6 is 0 Å². The summed E-state index contributed by atoms with van der Waals surface area (Å²) in [6.45, 7) is 5.26. The summed E-state index contributed by atoms with van der Waals surface area (Å²) >= 11 is 0. The number of hydrogen-bond donors (Lipinski definition) is 1. The van der Waals surface area contributed by atoms with Crippen LogP contribution in [0.5, 0.6) is 0 Å². The Hall–Kier alpha value is -2.73. The zero-order valence-corrected chi connectivity index (χ0v) is 18.3. The molecule has 2 aliphatic rings. The molecule has 2 amide bonds. The molecule has 164 valence electrons. The zero-order valence-electron chi connectivity index (χ0n) is 18.3. The van der Waals surface area contributed by atoms with Crippen LogP contribution in [0.4, 0.5) is 0 Å². The molecule has 2 aromatic rings. The van der Waals surface area contributed by atoms with Crippen molar-refractivity contribution in [1.82, 2.24) is 15.2 Å². The molecule has 1 aliphatic carbocycles. The van der Waals surface area contributed by atoms with E-state index in [0.717, 1.165) is 29.5 Å². The first-order valence-electron chi connectivity index (χ1n) is 11.2. The van der Waals surface area contributed by atoms with E-state index >= 15 is 0 Å². The van der Waals surface area contributed by atoms with Crippen LogP contribution in [0.2, 0.25) is 0 Å². The number of nitrogens with one attached hydrogen (secondary N) is 1. The first-order valence-corrected chi connectivity index (χ1v) is 11.2. The maximum Gasteiger partial charge on any atom is 0.254 e. The Bertz CT molecular complexity index is 927. The largest absolute Gasteiger partial charge is 0.361 e. The second kappa shape index (κ2) is 9.18. The number of benzene rings is 1. The fraction of sp³-hybridized carbons (Fsp3) is 0.480. The highest BCUT2D eigenvalue weighted by Crippen LogP contribution is 2.29. The van der Waals surface area contributed by atoms with Gasteiger partial charge >= 0.3 is 0 Å². The number of rotatable bonds is 7. The lowest BCUT2D eigenvalue weighted by atomic mass is 9.89. The zero-order chi connectivity index (χ0) is 21.8. The van der Waals surface area contributed by atoms with E-state index in [1.54, 1.807) is 12.4 Å². The quantitative estimate of drug-likeness (QED) is 0.745. The van der Waals surface area contributed by atoms with Gasteiger partial charge in [0.25, 0.3) is 5.91 Å². The lowest BCUT2D eigenvalue weighted by Gasteiger charge is -2.42. The molecule has 1 N–H and O–H groups in total. The van der Waals surface area contributed by atoms with Crippen LogP contribution < -0.4 is 5.32 Å². The van der Waals surface area contributed by atoms with Crippen LogP contribution in [0.1, 0.15) is 38.7 Å². The monoisotopic (exact) mass is 421 g/mol. The molecule has 1 saturated heterocycles. The van der Waals surface area contributed by atoms with Gasteiger partial charge in [-0.05, 0) is 47.6 Å². The molecule has 1 saturated carbocycles. The Morgan fingerprint density at radius 2 is 1.97 bits per heavy atom. The highest BCUT2D eigenvalue weighted by Gasteiger charge is 2.46. The van der Waals surface area contributed by atoms with E-state index in [1.807, 2.05) is 43.0 Å². The molecule has 0 bridgehead atoms. The van der Waals surface area contributed by atoms with Crippen molar-refractivity contribution in [1.29, 1.82) is 0 Å². The minimum atomic E-state index is -1.07. The maximum atomic E-state index is 13.3. The molecule has 1 aromatic carbocycles. The number of ether oxygens (including phenoxy) is 1. The van der Waals surface area contributed by atoms with Crippen molar-refractivity contribution in [2.45, 2.75) is 51.2 Å². The Balaban J connectivity index is 1.59. The minimum Gasteiger partial charge on any atom is -0.361 e. The summed E-state index contributed by atoms with van der Waals surface area (Å²) in [7, 11) is 0. The van der Waals surface area contributed by atoms with Gasteiger partial charge in [-0.15, -0.1) is 0 Å². The Morgan fingerprint density at radius 1 is 1.19 bits per heavy atom. The van der Waals surface area contributed by atoms with E-state index in [-0.39, 0.29) is 30.3 Å². The minimum absolute atomic E-state index is 0.0902. The van der Waals surface area contributed by atoms with Gasteiger partial charge in [0.15, 0.2) is 5.60 Å². The first-order chi connectivity index (χ1) is 14.9. The Morgan fingerprint density at radius 3 is 2.68 bits per heavy atom. The van der Waals surface area contributed by atoms with E-state index in [4.69, 9.17) is 4.74 Å². The number of nitrogens with zero attached hydrogens (tertiary/aromatic N) is 2. The molecule has 1 atom stereocenters. The van der Waals surface area contributed by atoms with Crippen LogP contribution in [0, 0.1) is 5.92 Å². The molecular weight excluding hydrogens is 390 g/mol. The van der Waals surface area contributed by atoms with E-state index < -0.39 is 5.60 Å². The van der Waals surface area contributed by atoms with Gasteiger partial charge in [-0.2, -0.15) is 0 Å². The van der Waals surface area contributed by atoms with Gasteiger partial charge in [0.05, 0.1) is 13.2 Å². The van der Waals surface area contributed by atoms with Crippen LogP contribution in [0.25, 0.3) is 11.1 Å². The second-order valence-electron chi connectivity index (χ2n) is 9.12. The molecule has 0 radical (unpaired) electrons. The first kappa shape index (κ1) is 21.5. The SMILES string of the molecule is CC(C)CC(=O)N1CCO[C@@](Cc2cccc(-c3ccncc3)c2)(C(=O)NC2CC2)C1. The van der Waals surface area contributed by atoms with Crippen LogP contribution in [0.3, 0.4) is 0 Å². The molecule has 1 aliphatic heterocycles. The number of pyridine rings is 1. The normalized spacial score (nSPS) is 21.2. The van der Waals surface area contributed by atoms with E-state index in [0.29, 0.717) is 26.0 Å². The number of aromatic nitrogens is 1. The van der Waals surface area contributed by atoms with Gasteiger partial charge in [-0.3, -0.25) is 14.6 Å². The summed E-state index contributed by atoms with van der Waals surface area (Å²) in [6.07, 6.45) is 6.47. The van der Waals surface area contributed by atoms with Crippen LogP contribution in [-0.4, -0.2) is 53.0 Å². The van der Waals surface area contributed by atoms with Crippen LogP contribution in [-0.2, 0) is 20.7 Å². The van der Waals surface area contributed by atoms with E-state index in [2.05, 4.69) is 22.4 Å². The summed E-state index contributed by atoms with van der Waals surface area (Å²) in [5, 5.41) is 3.12. The summed E-state index contributed by atoms with van der Waals surface area (Å²) in [6, 6.07) is 12.3. The number of carbonyl (C=O) groups is 2. The third-order valence-corrected chi connectivity index (χ3v) is 5.88. The standard InChI is InChI=1S/C25H31N3O3/c1-18(2)14-23(29)28-12-13-31-25(17-28,24(30)27-22-6-7-22)16-19-4-3-5-21(15-19)20-8-10-26-11-9-20/h3-5,8-11,15,18,22H,6-7,12-14,16-17H2,1-2H3,(H,27,30)/t25-/m1/s1. The number of morpholine rings is 1. The Kier molecular flexibility index (Phi) is 6.37. The fourth-order valence-corrected chi connectivity index (χ4v) is 4.08. The number of carbonyl (C=O) groups excluding carboxylic acids is 2. The van der Waals surface area contributed by atoms with Crippen molar-refractivity contribution in [2.75, 3.05) is 19.7 Å². The van der Waals surface area contributed by atoms with Crippen molar-refractivity contribution in [3.63, 3.8) is 0 Å².